The summed E-state index contributed by atoms with van der Waals surface area (Å²) in [6, 6.07) is 0. The first-order valence-corrected chi connectivity index (χ1v) is 6.15. The summed E-state index contributed by atoms with van der Waals surface area (Å²) in [4.78, 5) is 12.5. The Hall–Kier alpha value is -0.810. The van der Waals surface area contributed by atoms with E-state index in [4.69, 9.17) is 9.84 Å². The highest BCUT2D eigenvalue weighted by Crippen LogP contribution is 2.35. The lowest BCUT2D eigenvalue weighted by Crippen LogP contribution is -2.44. The summed E-state index contributed by atoms with van der Waals surface area (Å²) in [7, 11) is 0. The Morgan fingerprint density at radius 1 is 1.59 bits per heavy atom. The molecule has 0 aromatic heterocycles. The lowest BCUT2D eigenvalue weighted by atomic mass is 9.93. The van der Waals surface area contributed by atoms with E-state index in [2.05, 4.69) is 26.1 Å². The van der Waals surface area contributed by atoms with Crippen LogP contribution in [0, 0.1) is 11.3 Å². The van der Waals surface area contributed by atoms with Crippen LogP contribution in [-0.2, 0) is 4.74 Å². The maximum Gasteiger partial charge on any atom is 0.407 e. The Bertz CT molecular complexity index is 313. The molecule has 5 nitrogen and oxygen atoms in total. The van der Waals surface area contributed by atoms with Crippen LogP contribution in [0.3, 0.4) is 0 Å². The van der Waals surface area contributed by atoms with Crippen LogP contribution in [0.4, 0.5) is 4.79 Å². The van der Waals surface area contributed by atoms with Gasteiger partial charge in [0.15, 0.2) is 0 Å². The highest BCUT2D eigenvalue weighted by molar-refractivity contribution is 5.65. The summed E-state index contributed by atoms with van der Waals surface area (Å²) in [5.74, 6) is 0.293. The van der Waals surface area contributed by atoms with Gasteiger partial charge in [0.05, 0.1) is 13.2 Å². The van der Waals surface area contributed by atoms with E-state index < -0.39 is 6.09 Å². The normalized spacial score (nSPS) is 32.9. The maximum absolute atomic E-state index is 11.0. The zero-order valence-corrected chi connectivity index (χ0v) is 10.8. The van der Waals surface area contributed by atoms with Gasteiger partial charge in [-0.1, -0.05) is 20.8 Å². The first-order valence-electron chi connectivity index (χ1n) is 6.15. The molecule has 2 rings (SSSR count). The predicted molar refractivity (Wildman–Crippen MR) is 64.1 cm³/mol. The van der Waals surface area contributed by atoms with Crippen molar-refractivity contribution in [3.05, 3.63) is 0 Å². The molecule has 1 amide bonds. The molecule has 2 atom stereocenters. The van der Waals surface area contributed by atoms with Crippen molar-refractivity contribution >= 4 is 6.09 Å². The first-order chi connectivity index (χ1) is 7.82. The van der Waals surface area contributed by atoms with Gasteiger partial charge < -0.3 is 20.1 Å². The second-order valence-electron chi connectivity index (χ2n) is 6.41. The summed E-state index contributed by atoms with van der Waals surface area (Å²) >= 11 is 0. The zero-order valence-electron chi connectivity index (χ0n) is 10.8. The lowest BCUT2D eigenvalue weighted by molar-refractivity contribution is -0.0694. The zero-order chi connectivity index (χ0) is 12.7. The molecule has 0 aromatic rings. The number of ether oxygens (including phenoxy) is 1. The van der Waals surface area contributed by atoms with E-state index in [0.717, 1.165) is 13.1 Å². The van der Waals surface area contributed by atoms with Gasteiger partial charge in [-0.3, -0.25) is 0 Å². The van der Waals surface area contributed by atoms with Crippen LogP contribution < -0.4 is 5.32 Å². The van der Waals surface area contributed by atoms with Crippen molar-refractivity contribution in [2.24, 2.45) is 11.3 Å². The van der Waals surface area contributed by atoms with Gasteiger partial charge in [-0.25, -0.2) is 4.79 Å². The predicted octanol–water partition coefficient (Wildman–Crippen LogP) is 1.00. The van der Waals surface area contributed by atoms with Crippen molar-refractivity contribution < 1.29 is 14.6 Å². The number of fused-ring (bicyclic) bond motifs is 1. The molecule has 2 heterocycles. The quantitative estimate of drug-likeness (QED) is 0.758. The molecular weight excluding hydrogens is 220 g/mol. The molecule has 2 saturated heterocycles. The van der Waals surface area contributed by atoms with Crippen molar-refractivity contribution in [1.82, 2.24) is 10.2 Å². The van der Waals surface area contributed by atoms with Gasteiger partial charge in [0.2, 0.25) is 0 Å². The number of hydrogen-bond acceptors (Lipinski definition) is 3. The average Bonchev–Trinajstić information content (AvgIpc) is 2.69. The third kappa shape index (κ3) is 2.55. The highest BCUT2D eigenvalue weighted by atomic mass is 16.5. The number of carbonyl (C=O) groups is 1. The van der Waals surface area contributed by atoms with E-state index in [9.17, 15) is 4.79 Å². The van der Waals surface area contributed by atoms with Gasteiger partial charge in [-0.05, 0) is 5.41 Å². The fourth-order valence-corrected chi connectivity index (χ4v) is 2.58. The Morgan fingerprint density at radius 2 is 2.29 bits per heavy atom. The topological polar surface area (TPSA) is 61.8 Å². The number of nitrogens with zero attached hydrogens (tertiary/aromatic N) is 1. The molecule has 0 aromatic carbocycles. The van der Waals surface area contributed by atoms with Crippen LogP contribution in [0.15, 0.2) is 0 Å². The smallest absolute Gasteiger partial charge is 0.407 e. The summed E-state index contributed by atoms with van der Waals surface area (Å²) in [5, 5.41) is 12.4. The minimum absolute atomic E-state index is 0.110. The van der Waals surface area contributed by atoms with Gasteiger partial charge in [-0.2, -0.15) is 0 Å². The largest absolute Gasteiger partial charge is 0.465 e. The average molecular weight is 242 g/mol. The monoisotopic (exact) mass is 242 g/mol. The van der Waals surface area contributed by atoms with Gasteiger partial charge in [0, 0.05) is 25.6 Å². The summed E-state index contributed by atoms with van der Waals surface area (Å²) in [5.41, 5.74) is -0.190. The molecule has 5 heteroatoms. The number of amides is 1. The van der Waals surface area contributed by atoms with E-state index in [1.807, 2.05) is 0 Å². The fraction of sp³-hybridized carbons (Fsp3) is 0.917. The van der Waals surface area contributed by atoms with E-state index in [0.29, 0.717) is 25.6 Å². The van der Waals surface area contributed by atoms with Crippen molar-refractivity contribution in [2.75, 3.05) is 32.8 Å². The van der Waals surface area contributed by atoms with Crippen LogP contribution in [0.5, 0.6) is 0 Å². The van der Waals surface area contributed by atoms with Crippen molar-refractivity contribution in [3.63, 3.8) is 0 Å². The highest BCUT2D eigenvalue weighted by Gasteiger charge is 2.52. The fourth-order valence-electron chi connectivity index (χ4n) is 2.58. The molecule has 0 aliphatic carbocycles. The third-order valence-corrected chi connectivity index (χ3v) is 3.52. The van der Waals surface area contributed by atoms with Gasteiger partial charge in [0.1, 0.15) is 5.60 Å². The van der Waals surface area contributed by atoms with E-state index in [-0.39, 0.29) is 11.0 Å². The Balaban J connectivity index is 2.04. The second-order valence-corrected chi connectivity index (χ2v) is 6.41. The maximum atomic E-state index is 11.0. The molecule has 2 N–H and O–H groups in total. The number of hydrogen-bond donors (Lipinski definition) is 2. The lowest BCUT2D eigenvalue weighted by Gasteiger charge is -2.31. The SMILES string of the molecule is CC(C)(C)COC12CNCC1CN(C(=O)O)C2. The number of likely N-dealkylation sites (tertiary alicyclic amines) is 1. The molecule has 0 spiro atoms. The molecular formula is C12H22N2O3. The number of rotatable bonds is 2. The molecule has 17 heavy (non-hydrogen) atoms. The van der Waals surface area contributed by atoms with E-state index in [1.54, 1.807) is 0 Å². The third-order valence-electron chi connectivity index (χ3n) is 3.52. The number of carboxylic acid groups (broad SMARTS) is 1. The van der Waals surface area contributed by atoms with Gasteiger partial charge >= 0.3 is 6.09 Å². The molecule has 2 aliphatic heterocycles. The van der Waals surface area contributed by atoms with Crippen molar-refractivity contribution in [1.29, 1.82) is 0 Å². The minimum atomic E-state index is -0.835. The molecule has 2 aliphatic rings. The first kappa shape index (κ1) is 12.6. The van der Waals surface area contributed by atoms with Crippen molar-refractivity contribution in [2.45, 2.75) is 26.4 Å². The van der Waals surface area contributed by atoms with Gasteiger partial charge in [-0.15, -0.1) is 0 Å². The minimum Gasteiger partial charge on any atom is -0.465 e. The van der Waals surface area contributed by atoms with Crippen LogP contribution in [0.2, 0.25) is 0 Å². The molecule has 0 bridgehead atoms. The summed E-state index contributed by atoms with van der Waals surface area (Å²) < 4.78 is 6.09. The van der Waals surface area contributed by atoms with Gasteiger partial charge in [0.25, 0.3) is 0 Å². The standard InChI is InChI=1S/C12H22N2O3/c1-11(2,3)8-17-12-6-13-4-9(12)5-14(7-12)10(15)16/h9,13H,4-8H2,1-3H3,(H,15,16). The van der Waals surface area contributed by atoms with E-state index in [1.165, 1.54) is 4.90 Å². The Labute approximate surface area is 102 Å². The molecule has 98 valence electrons. The Morgan fingerprint density at radius 3 is 2.88 bits per heavy atom. The molecule has 0 radical (unpaired) electrons. The van der Waals surface area contributed by atoms with E-state index >= 15 is 0 Å². The second kappa shape index (κ2) is 4.14. The molecule has 2 fully saturated rings. The molecule has 0 saturated carbocycles. The molecule has 2 unspecified atom stereocenters. The van der Waals surface area contributed by atoms with Crippen LogP contribution in [0.25, 0.3) is 0 Å². The van der Waals surface area contributed by atoms with Crippen LogP contribution in [-0.4, -0.2) is 54.5 Å². The summed E-state index contributed by atoms with van der Waals surface area (Å²) in [6.07, 6.45) is -0.835. The van der Waals surface area contributed by atoms with Crippen molar-refractivity contribution in [3.8, 4) is 0 Å². The number of nitrogens with one attached hydrogen (secondary N) is 1. The van der Waals surface area contributed by atoms with Crippen LogP contribution in [0.1, 0.15) is 20.8 Å². The van der Waals surface area contributed by atoms with Crippen LogP contribution >= 0.6 is 0 Å². The Kier molecular flexibility index (Phi) is 3.08. The summed E-state index contributed by atoms with van der Waals surface area (Å²) in [6.45, 7) is 9.76.